The van der Waals surface area contributed by atoms with Crippen molar-refractivity contribution in [1.82, 2.24) is 15.5 Å². The van der Waals surface area contributed by atoms with E-state index in [0.717, 1.165) is 12.1 Å². The molecule has 0 atom stereocenters. The van der Waals surface area contributed by atoms with Gasteiger partial charge in [-0.2, -0.15) is 4.98 Å². The molecule has 150 valence electrons. The molecule has 0 aliphatic carbocycles. The zero-order valence-electron chi connectivity index (χ0n) is 16.7. The number of nitrogens with one attached hydrogen (secondary N) is 2. The maximum Gasteiger partial charge on any atom is 0.258 e. The van der Waals surface area contributed by atoms with Gasteiger partial charge in [0.25, 0.3) is 11.8 Å². The van der Waals surface area contributed by atoms with E-state index in [2.05, 4.69) is 20.8 Å². The van der Waals surface area contributed by atoms with E-state index in [1.165, 1.54) is 0 Å². The number of benzene rings is 2. The quantitative estimate of drug-likeness (QED) is 0.700. The van der Waals surface area contributed by atoms with Gasteiger partial charge in [0.05, 0.1) is 16.8 Å². The fourth-order valence-electron chi connectivity index (χ4n) is 3.32. The van der Waals surface area contributed by atoms with Gasteiger partial charge in [0.15, 0.2) is 5.82 Å². The van der Waals surface area contributed by atoms with Crippen molar-refractivity contribution in [1.29, 1.82) is 0 Å². The van der Waals surface area contributed by atoms with Crippen molar-refractivity contribution in [3.05, 3.63) is 64.7 Å². The van der Waals surface area contributed by atoms with E-state index in [4.69, 9.17) is 4.52 Å². The predicted octanol–water partition coefficient (Wildman–Crippen LogP) is 4.07. The highest BCUT2D eigenvalue weighted by Crippen LogP contribution is 2.28. The molecule has 2 heterocycles. The van der Waals surface area contributed by atoms with Crippen molar-refractivity contribution < 1.29 is 13.7 Å². The summed E-state index contributed by atoms with van der Waals surface area (Å²) in [6.45, 7) is 7.30. The van der Waals surface area contributed by atoms with Gasteiger partial charge in [-0.3, -0.25) is 4.79 Å². The Hall–Kier alpha value is -3.06. The van der Waals surface area contributed by atoms with Crippen molar-refractivity contribution in [2.24, 2.45) is 0 Å². The second-order valence-corrected chi connectivity index (χ2v) is 8.16. The van der Waals surface area contributed by atoms with E-state index in [1.54, 1.807) is 30.3 Å². The summed E-state index contributed by atoms with van der Waals surface area (Å²) in [6, 6.07) is 10.4. The number of hydrogen-bond acceptors (Lipinski definition) is 5. The third-order valence-corrected chi connectivity index (χ3v) is 4.95. The topological polar surface area (TPSA) is 80.0 Å². The van der Waals surface area contributed by atoms with Gasteiger partial charge in [0.1, 0.15) is 5.82 Å². The summed E-state index contributed by atoms with van der Waals surface area (Å²) in [5, 5.41) is 9.94. The summed E-state index contributed by atoms with van der Waals surface area (Å²) in [5.41, 5.74) is 2.33. The van der Waals surface area contributed by atoms with Gasteiger partial charge >= 0.3 is 0 Å². The Morgan fingerprint density at radius 2 is 2.00 bits per heavy atom. The molecule has 0 saturated heterocycles. The van der Waals surface area contributed by atoms with Crippen LogP contribution < -0.4 is 10.6 Å². The van der Waals surface area contributed by atoms with Crippen molar-refractivity contribution in [2.75, 3.05) is 11.9 Å². The van der Waals surface area contributed by atoms with Crippen LogP contribution in [0.25, 0.3) is 11.5 Å². The molecule has 2 N–H and O–H groups in total. The van der Waals surface area contributed by atoms with E-state index >= 15 is 0 Å². The molecule has 29 heavy (non-hydrogen) atoms. The Balaban J connectivity index is 1.65. The average molecular weight is 394 g/mol. The van der Waals surface area contributed by atoms with Crippen LogP contribution in [0.15, 0.2) is 40.9 Å². The van der Waals surface area contributed by atoms with E-state index in [-0.39, 0.29) is 22.8 Å². The molecule has 0 unspecified atom stereocenters. The second-order valence-electron chi connectivity index (χ2n) is 8.16. The van der Waals surface area contributed by atoms with Crippen LogP contribution >= 0.6 is 0 Å². The van der Waals surface area contributed by atoms with Crippen LogP contribution in [0.4, 0.5) is 10.1 Å². The molecule has 0 fully saturated rings. The monoisotopic (exact) mass is 394 g/mol. The Labute approximate surface area is 168 Å². The fraction of sp³-hybridized carbons (Fsp3) is 0.318. The van der Waals surface area contributed by atoms with Gasteiger partial charge in [-0.25, -0.2) is 4.39 Å². The molecule has 1 amide bonds. The van der Waals surface area contributed by atoms with E-state index in [1.807, 2.05) is 26.8 Å². The van der Waals surface area contributed by atoms with Gasteiger partial charge in [0.2, 0.25) is 0 Å². The standard InChI is InChI=1S/C22H23FN4O2/c1-22(2,3)21-26-20(29-27-21)16-7-5-4-6-15(16)19(28)25-17-9-8-13-12-24-11-10-14(13)18(17)23/h4-9,24H,10-12H2,1-3H3,(H,25,28). The fourth-order valence-corrected chi connectivity index (χ4v) is 3.32. The highest BCUT2D eigenvalue weighted by molar-refractivity contribution is 6.08. The number of halogens is 1. The van der Waals surface area contributed by atoms with Gasteiger partial charge < -0.3 is 15.2 Å². The summed E-state index contributed by atoms with van der Waals surface area (Å²) in [7, 11) is 0. The molecule has 6 nitrogen and oxygen atoms in total. The van der Waals surface area contributed by atoms with Crippen LogP contribution in [-0.4, -0.2) is 22.6 Å². The van der Waals surface area contributed by atoms with E-state index in [0.29, 0.717) is 35.5 Å². The van der Waals surface area contributed by atoms with Crippen LogP contribution in [0.3, 0.4) is 0 Å². The van der Waals surface area contributed by atoms with Crippen LogP contribution in [-0.2, 0) is 18.4 Å². The maximum absolute atomic E-state index is 14.9. The third-order valence-electron chi connectivity index (χ3n) is 4.95. The van der Waals surface area contributed by atoms with E-state index < -0.39 is 5.91 Å². The zero-order chi connectivity index (χ0) is 20.6. The molecule has 3 aromatic rings. The number of carbonyl (C=O) groups excluding carboxylic acids is 1. The first-order chi connectivity index (χ1) is 13.8. The molecule has 1 aromatic heterocycles. The molecule has 0 saturated carbocycles. The Morgan fingerprint density at radius 1 is 1.21 bits per heavy atom. The Morgan fingerprint density at radius 3 is 2.76 bits per heavy atom. The summed E-state index contributed by atoms with van der Waals surface area (Å²) in [6.07, 6.45) is 0.596. The van der Waals surface area contributed by atoms with Gasteiger partial charge in [-0.1, -0.05) is 44.1 Å². The van der Waals surface area contributed by atoms with Crippen molar-refractivity contribution in [2.45, 2.75) is 39.2 Å². The minimum absolute atomic E-state index is 0.173. The highest BCUT2D eigenvalue weighted by atomic mass is 19.1. The molecule has 1 aliphatic heterocycles. The third kappa shape index (κ3) is 3.78. The Kier molecular flexibility index (Phi) is 4.92. The Bertz CT molecular complexity index is 1070. The molecule has 1 aliphatic rings. The number of hydrogen-bond donors (Lipinski definition) is 2. The summed E-state index contributed by atoms with van der Waals surface area (Å²) < 4.78 is 20.3. The van der Waals surface area contributed by atoms with Gasteiger partial charge in [0, 0.05) is 12.0 Å². The summed E-state index contributed by atoms with van der Waals surface area (Å²) in [4.78, 5) is 17.4. The largest absolute Gasteiger partial charge is 0.334 e. The molecule has 4 rings (SSSR count). The number of nitrogens with zero attached hydrogens (tertiary/aromatic N) is 2. The minimum Gasteiger partial charge on any atom is -0.334 e. The molecule has 0 radical (unpaired) electrons. The number of carbonyl (C=O) groups is 1. The normalized spacial score (nSPS) is 13.8. The lowest BCUT2D eigenvalue weighted by Gasteiger charge is -2.19. The van der Waals surface area contributed by atoms with E-state index in [9.17, 15) is 9.18 Å². The molecule has 0 bridgehead atoms. The second kappa shape index (κ2) is 7.40. The first kappa shape index (κ1) is 19.3. The van der Waals surface area contributed by atoms with Crippen LogP contribution in [0.2, 0.25) is 0 Å². The van der Waals surface area contributed by atoms with Gasteiger partial charge in [-0.05, 0) is 42.3 Å². The van der Waals surface area contributed by atoms with Crippen LogP contribution in [0.5, 0.6) is 0 Å². The van der Waals surface area contributed by atoms with Crippen molar-refractivity contribution >= 4 is 11.6 Å². The van der Waals surface area contributed by atoms with Gasteiger partial charge in [-0.15, -0.1) is 0 Å². The lowest BCUT2D eigenvalue weighted by atomic mass is 9.96. The molecular formula is C22H23FN4O2. The average Bonchev–Trinajstić information content (AvgIpc) is 3.21. The maximum atomic E-state index is 14.9. The molecule has 7 heteroatoms. The molecule has 0 spiro atoms. The molecular weight excluding hydrogens is 371 g/mol. The lowest BCUT2D eigenvalue weighted by molar-refractivity contribution is 0.102. The van der Waals surface area contributed by atoms with Crippen LogP contribution in [0, 0.1) is 5.82 Å². The molecule has 2 aromatic carbocycles. The number of aromatic nitrogens is 2. The number of amides is 1. The SMILES string of the molecule is CC(C)(C)c1noc(-c2ccccc2C(=O)Nc2ccc3c(c2F)CCNC3)n1. The first-order valence-electron chi connectivity index (χ1n) is 9.60. The van der Waals surface area contributed by atoms with Crippen molar-refractivity contribution in [3.63, 3.8) is 0 Å². The summed E-state index contributed by atoms with van der Waals surface area (Å²) in [5.74, 6) is 0.0150. The summed E-state index contributed by atoms with van der Waals surface area (Å²) >= 11 is 0. The number of anilines is 1. The van der Waals surface area contributed by atoms with Crippen LogP contribution in [0.1, 0.15) is 48.1 Å². The number of fused-ring (bicyclic) bond motifs is 1. The predicted molar refractivity (Wildman–Crippen MR) is 108 cm³/mol. The smallest absolute Gasteiger partial charge is 0.258 e. The highest BCUT2D eigenvalue weighted by Gasteiger charge is 2.24. The number of rotatable bonds is 3. The zero-order valence-corrected chi connectivity index (χ0v) is 16.7. The first-order valence-corrected chi connectivity index (χ1v) is 9.60. The minimum atomic E-state index is -0.427. The van der Waals surface area contributed by atoms with Crippen molar-refractivity contribution in [3.8, 4) is 11.5 Å². The lowest BCUT2D eigenvalue weighted by Crippen LogP contribution is -2.25.